The van der Waals surface area contributed by atoms with E-state index in [4.69, 9.17) is 9.47 Å². The number of benzene rings is 2. The molecular weight excluding hydrogens is 430 g/mol. The molecule has 0 atom stereocenters. The van der Waals surface area contributed by atoms with Crippen LogP contribution in [0.5, 0.6) is 11.5 Å². The molecule has 3 aromatic rings. The molecule has 0 unspecified atom stereocenters. The first-order valence-corrected chi connectivity index (χ1v) is 9.13. The summed E-state index contributed by atoms with van der Waals surface area (Å²) in [5.74, 6) is 0.0813. The van der Waals surface area contributed by atoms with Gasteiger partial charge in [-0.3, -0.25) is 9.59 Å². The minimum atomic E-state index is -0.652. The Balaban J connectivity index is 2.05. The van der Waals surface area contributed by atoms with Crippen LogP contribution in [0.3, 0.4) is 0 Å². The fourth-order valence-corrected chi connectivity index (χ4v) is 3.09. The van der Waals surface area contributed by atoms with E-state index >= 15 is 0 Å². The van der Waals surface area contributed by atoms with Crippen LogP contribution in [0.25, 0.3) is 10.9 Å². The number of hydrogen-bond acceptors (Lipinski definition) is 6. The molecule has 1 heterocycles. The average Bonchev–Trinajstić information content (AvgIpc) is 2.64. The van der Waals surface area contributed by atoms with E-state index in [0.29, 0.717) is 33.3 Å². The van der Waals surface area contributed by atoms with Crippen molar-refractivity contribution in [2.75, 3.05) is 6.61 Å². The van der Waals surface area contributed by atoms with Crippen LogP contribution < -0.4 is 20.7 Å². The zero-order chi connectivity index (χ0) is 20.3. The van der Waals surface area contributed by atoms with Gasteiger partial charge in [0.05, 0.1) is 28.2 Å². The molecule has 9 heteroatoms. The molecule has 144 valence electrons. The highest BCUT2D eigenvalue weighted by atomic mass is 79.9. The number of hydrogen-bond donors (Lipinski definition) is 1. The number of carbonyl (C=O) groups excluding carboxylic acids is 1. The quantitative estimate of drug-likeness (QED) is 0.369. The Hall–Kier alpha value is -3.20. The summed E-state index contributed by atoms with van der Waals surface area (Å²) in [5, 5.41) is 4.36. The largest absolute Gasteiger partial charge is 0.490 e. The maximum atomic E-state index is 12.5. The molecule has 0 fully saturated rings. The van der Waals surface area contributed by atoms with Crippen molar-refractivity contribution in [2.45, 2.75) is 13.8 Å². The predicted octanol–water partition coefficient (Wildman–Crippen LogP) is 2.66. The second-order valence-electron chi connectivity index (χ2n) is 5.69. The Morgan fingerprint density at radius 3 is 2.75 bits per heavy atom. The third kappa shape index (κ3) is 4.04. The van der Waals surface area contributed by atoms with E-state index in [1.54, 1.807) is 43.3 Å². The van der Waals surface area contributed by atoms with Gasteiger partial charge in [0.15, 0.2) is 11.5 Å². The molecule has 1 aromatic heterocycles. The Morgan fingerprint density at radius 2 is 2.04 bits per heavy atom. The fraction of sp³-hybridized carbons (Fsp3) is 0.158. The van der Waals surface area contributed by atoms with E-state index in [1.165, 1.54) is 13.1 Å². The van der Waals surface area contributed by atoms with Gasteiger partial charge in [0.2, 0.25) is 0 Å². The van der Waals surface area contributed by atoms with Crippen molar-refractivity contribution in [2.24, 2.45) is 5.10 Å². The molecule has 2 aromatic carbocycles. The monoisotopic (exact) mass is 445 g/mol. The smallest absolute Gasteiger partial charge is 0.349 e. The highest BCUT2D eigenvalue weighted by molar-refractivity contribution is 9.10. The van der Waals surface area contributed by atoms with Gasteiger partial charge in [0.1, 0.15) is 0 Å². The number of esters is 1. The lowest BCUT2D eigenvalue weighted by atomic mass is 10.2. The number of H-pyrrole nitrogens is 1. The van der Waals surface area contributed by atoms with Gasteiger partial charge in [-0.15, -0.1) is 4.68 Å². The molecule has 0 radical (unpaired) electrons. The summed E-state index contributed by atoms with van der Waals surface area (Å²) in [5.41, 5.74) is -0.210. The second kappa shape index (κ2) is 8.22. The van der Waals surface area contributed by atoms with E-state index in [0.717, 1.165) is 4.68 Å². The van der Waals surface area contributed by atoms with Crippen molar-refractivity contribution in [3.63, 3.8) is 0 Å². The van der Waals surface area contributed by atoms with Gasteiger partial charge in [-0.25, -0.2) is 4.79 Å². The number of carbonyl (C=O) groups is 1. The minimum Gasteiger partial charge on any atom is -0.490 e. The van der Waals surface area contributed by atoms with Gasteiger partial charge in [-0.2, -0.15) is 5.10 Å². The van der Waals surface area contributed by atoms with Crippen LogP contribution in [0, 0.1) is 0 Å². The van der Waals surface area contributed by atoms with Crippen LogP contribution in [0.4, 0.5) is 0 Å². The first kappa shape index (κ1) is 19.6. The summed E-state index contributed by atoms with van der Waals surface area (Å²) in [4.78, 5) is 38.6. The molecule has 0 bridgehead atoms. The number of fused-ring (bicyclic) bond motifs is 1. The zero-order valence-corrected chi connectivity index (χ0v) is 16.6. The third-order valence-corrected chi connectivity index (χ3v) is 4.27. The number of nitrogens with one attached hydrogen (secondary N) is 1. The summed E-state index contributed by atoms with van der Waals surface area (Å²) in [6.07, 6.45) is 1.34. The Kier molecular flexibility index (Phi) is 5.74. The number of nitrogens with zero attached hydrogens (tertiary/aromatic N) is 2. The van der Waals surface area contributed by atoms with Crippen LogP contribution in [-0.2, 0) is 4.79 Å². The number of ether oxygens (including phenoxy) is 2. The average molecular weight is 446 g/mol. The normalized spacial score (nSPS) is 11.1. The number of para-hydroxylation sites is 1. The molecule has 0 aliphatic rings. The van der Waals surface area contributed by atoms with E-state index in [-0.39, 0.29) is 5.75 Å². The summed E-state index contributed by atoms with van der Waals surface area (Å²) >= 11 is 3.33. The highest BCUT2D eigenvalue weighted by Gasteiger charge is 2.14. The topological polar surface area (TPSA) is 103 Å². The van der Waals surface area contributed by atoms with Crippen LogP contribution >= 0.6 is 15.9 Å². The molecular formula is C19H16BrN3O5. The minimum absolute atomic E-state index is 0.243. The first-order valence-electron chi connectivity index (χ1n) is 8.34. The van der Waals surface area contributed by atoms with E-state index < -0.39 is 17.2 Å². The van der Waals surface area contributed by atoms with Crippen LogP contribution in [0.2, 0.25) is 0 Å². The van der Waals surface area contributed by atoms with Gasteiger partial charge in [-0.1, -0.05) is 12.1 Å². The van der Waals surface area contributed by atoms with Crippen molar-refractivity contribution >= 4 is 39.0 Å². The summed E-state index contributed by atoms with van der Waals surface area (Å²) in [7, 11) is 0. The molecule has 0 amide bonds. The van der Waals surface area contributed by atoms with Crippen molar-refractivity contribution in [3.05, 3.63) is 67.3 Å². The SMILES string of the molecule is CCOc1cc(C=Nn2c(=O)[nH]c3ccccc3c2=O)cc(Br)c1OC(C)=O. The molecule has 0 aliphatic heterocycles. The lowest BCUT2D eigenvalue weighted by Gasteiger charge is -2.12. The lowest BCUT2D eigenvalue weighted by Crippen LogP contribution is -2.32. The van der Waals surface area contributed by atoms with Gasteiger partial charge >= 0.3 is 11.7 Å². The molecule has 8 nitrogen and oxygen atoms in total. The van der Waals surface area contributed by atoms with Crippen LogP contribution in [0.1, 0.15) is 19.4 Å². The Morgan fingerprint density at radius 1 is 1.29 bits per heavy atom. The molecule has 0 saturated heterocycles. The number of aromatic nitrogens is 2. The third-order valence-electron chi connectivity index (χ3n) is 3.68. The molecule has 3 rings (SSSR count). The van der Waals surface area contributed by atoms with Crippen LogP contribution in [0.15, 0.2) is 55.6 Å². The van der Waals surface area contributed by atoms with Crippen molar-refractivity contribution < 1.29 is 14.3 Å². The molecule has 0 saturated carbocycles. The Bertz CT molecular complexity index is 1200. The highest BCUT2D eigenvalue weighted by Crippen LogP contribution is 2.36. The maximum absolute atomic E-state index is 12.5. The molecule has 1 N–H and O–H groups in total. The van der Waals surface area contributed by atoms with E-state index in [9.17, 15) is 14.4 Å². The van der Waals surface area contributed by atoms with Crippen molar-refractivity contribution in [1.29, 1.82) is 0 Å². The standard InChI is InChI=1S/C19H16BrN3O5/c1-3-27-16-9-12(8-14(20)17(16)28-11(2)24)10-21-23-18(25)13-6-4-5-7-15(13)22-19(23)26/h4-10H,3H2,1-2H3,(H,22,26). The summed E-state index contributed by atoms with van der Waals surface area (Å²) < 4.78 is 11.9. The van der Waals surface area contributed by atoms with Gasteiger partial charge in [0.25, 0.3) is 5.56 Å². The number of halogens is 1. The molecule has 0 spiro atoms. The number of rotatable bonds is 5. The van der Waals surface area contributed by atoms with Gasteiger partial charge < -0.3 is 14.5 Å². The fourth-order valence-electron chi connectivity index (χ4n) is 2.55. The van der Waals surface area contributed by atoms with Crippen molar-refractivity contribution in [1.82, 2.24) is 9.66 Å². The first-order chi connectivity index (χ1) is 13.4. The van der Waals surface area contributed by atoms with E-state index in [2.05, 4.69) is 26.0 Å². The lowest BCUT2D eigenvalue weighted by molar-refractivity contribution is -0.132. The second-order valence-corrected chi connectivity index (χ2v) is 6.55. The summed E-state index contributed by atoms with van der Waals surface area (Å²) in [6.45, 7) is 3.43. The molecule has 28 heavy (non-hydrogen) atoms. The number of aromatic amines is 1. The van der Waals surface area contributed by atoms with Gasteiger partial charge in [0, 0.05) is 6.92 Å². The Labute approximate surface area is 167 Å². The summed E-state index contributed by atoms with van der Waals surface area (Å²) in [6, 6.07) is 9.90. The molecule has 0 aliphatic carbocycles. The van der Waals surface area contributed by atoms with Crippen LogP contribution in [-0.4, -0.2) is 28.5 Å². The van der Waals surface area contributed by atoms with Crippen molar-refractivity contribution in [3.8, 4) is 11.5 Å². The predicted molar refractivity (Wildman–Crippen MR) is 108 cm³/mol. The van der Waals surface area contributed by atoms with E-state index in [1.807, 2.05) is 0 Å². The zero-order valence-electron chi connectivity index (χ0n) is 15.1. The maximum Gasteiger partial charge on any atom is 0.349 e. The van der Waals surface area contributed by atoms with Gasteiger partial charge in [-0.05, 0) is 52.7 Å².